The van der Waals surface area contributed by atoms with E-state index < -0.39 is 0 Å². The average molecular weight is 391 g/mol. The summed E-state index contributed by atoms with van der Waals surface area (Å²) in [5, 5.41) is 0.505. The van der Waals surface area contributed by atoms with E-state index in [4.69, 9.17) is 11.6 Å². The number of amides is 3. The van der Waals surface area contributed by atoms with Crippen LogP contribution in [0.3, 0.4) is 0 Å². The summed E-state index contributed by atoms with van der Waals surface area (Å²) in [6.45, 7) is 3.29. The number of carbonyl (C=O) groups excluding carboxylic acids is 3. The molecule has 1 N–H and O–H groups in total. The van der Waals surface area contributed by atoms with Crippen molar-refractivity contribution in [3.63, 3.8) is 0 Å². The fourth-order valence-electron chi connectivity index (χ4n) is 4.62. The summed E-state index contributed by atoms with van der Waals surface area (Å²) >= 11 is 6.01. The molecule has 0 aromatic heterocycles. The Balaban J connectivity index is 1.39. The van der Waals surface area contributed by atoms with Crippen molar-refractivity contribution in [2.45, 2.75) is 38.1 Å². The Morgan fingerprint density at radius 3 is 2.48 bits per heavy atom. The second-order valence-electron chi connectivity index (χ2n) is 7.77. The number of anilines is 1. The smallest absolute Gasteiger partial charge is 0.292 e. The number of hydrogen-bond acceptors (Lipinski definition) is 3. The Hall–Kier alpha value is -1.92. The first-order valence-electron chi connectivity index (χ1n) is 9.80. The molecule has 1 atom stereocenters. The molecule has 0 radical (unpaired) electrons. The SMILES string of the molecule is O=C(C1CC[NH+]([C@H]2CC(=O)N(c3cccc(Cl)c3)C2=O)CC1)N1CCCC1. The molecule has 3 fully saturated rings. The molecule has 27 heavy (non-hydrogen) atoms. The fourth-order valence-corrected chi connectivity index (χ4v) is 4.80. The number of likely N-dealkylation sites (tertiary alicyclic amines) is 2. The lowest BCUT2D eigenvalue weighted by molar-refractivity contribution is -0.920. The molecule has 0 spiro atoms. The van der Waals surface area contributed by atoms with Crippen LogP contribution >= 0.6 is 11.6 Å². The van der Waals surface area contributed by atoms with Crippen LogP contribution in [0.25, 0.3) is 0 Å². The Bertz CT molecular complexity index is 755. The van der Waals surface area contributed by atoms with Crippen molar-refractivity contribution in [1.82, 2.24) is 4.90 Å². The third-order valence-electron chi connectivity index (χ3n) is 6.10. The molecular formula is C20H25ClN3O3+. The zero-order valence-corrected chi connectivity index (χ0v) is 16.1. The monoisotopic (exact) mass is 390 g/mol. The molecule has 144 valence electrons. The highest BCUT2D eigenvalue weighted by molar-refractivity contribution is 6.31. The summed E-state index contributed by atoms with van der Waals surface area (Å²) in [4.78, 5) is 42.4. The van der Waals surface area contributed by atoms with Crippen molar-refractivity contribution < 1.29 is 19.3 Å². The lowest BCUT2D eigenvalue weighted by Gasteiger charge is -2.33. The standard InChI is InChI=1S/C20H24ClN3O3/c21-15-4-3-5-16(12-15)24-18(25)13-17(20(24)27)22-10-6-14(7-11-22)19(26)23-8-1-2-9-23/h3-5,12,14,17H,1-2,6-11,13H2/p+1/t17-/m0/s1. The zero-order valence-electron chi connectivity index (χ0n) is 15.3. The van der Waals surface area contributed by atoms with Gasteiger partial charge < -0.3 is 9.80 Å². The summed E-state index contributed by atoms with van der Waals surface area (Å²) < 4.78 is 0. The second kappa shape index (κ2) is 7.60. The number of nitrogens with zero attached hydrogens (tertiary/aromatic N) is 2. The molecule has 0 bridgehead atoms. The first-order valence-corrected chi connectivity index (χ1v) is 10.2. The number of carbonyl (C=O) groups is 3. The van der Waals surface area contributed by atoms with Crippen molar-refractivity contribution in [2.24, 2.45) is 5.92 Å². The molecule has 3 aliphatic heterocycles. The van der Waals surface area contributed by atoms with E-state index in [-0.39, 0.29) is 36.1 Å². The van der Waals surface area contributed by atoms with Crippen LogP contribution in [0, 0.1) is 5.92 Å². The summed E-state index contributed by atoms with van der Waals surface area (Å²) in [7, 11) is 0. The molecule has 1 aromatic rings. The maximum absolute atomic E-state index is 12.9. The first kappa shape index (κ1) is 18.4. The van der Waals surface area contributed by atoms with Crippen LogP contribution in [0.1, 0.15) is 32.1 Å². The van der Waals surface area contributed by atoms with Gasteiger partial charge in [0, 0.05) is 36.9 Å². The van der Waals surface area contributed by atoms with E-state index in [1.807, 2.05) is 4.90 Å². The van der Waals surface area contributed by atoms with Crippen LogP contribution in [0.5, 0.6) is 0 Å². The number of piperidine rings is 1. The summed E-state index contributed by atoms with van der Waals surface area (Å²) in [5.41, 5.74) is 0.540. The maximum atomic E-state index is 12.9. The van der Waals surface area contributed by atoms with E-state index in [9.17, 15) is 14.4 Å². The number of imide groups is 1. The van der Waals surface area contributed by atoms with E-state index in [1.165, 1.54) is 4.90 Å². The van der Waals surface area contributed by atoms with Gasteiger partial charge in [-0.1, -0.05) is 17.7 Å². The van der Waals surface area contributed by atoms with Gasteiger partial charge in [0.25, 0.3) is 5.91 Å². The largest absolute Gasteiger partial charge is 0.342 e. The highest BCUT2D eigenvalue weighted by Gasteiger charge is 2.47. The number of halogens is 1. The lowest BCUT2D eigenvalue weighted by Crippen LogP contribution is -3.17. The van der Waals surface area contributed by atoms with Crippen LogP contribution in [0.15, 0.2) is 24.3 Å². The normalized spacial score (nSPS) is 28.9. The van der Waals surface area contributed by atoms with Gasteiger partial charge in [-0.3, -0.25) is 14.4 Å². The molecule has 7 heteroatoms. The molecule has 3 saturated heterocycles. The second-order valence-corrected chi connectivity index (χ2v) is 8.21. The predicted octanol–water partition coefficient (Wildman–Crippen LogP) is 0.889. The zero-order chi connectivity index (χ0) is 19.0. The van der Waals surface area contributed by atoms with Gasteiger partial charge >= 0.3 is 0 Å². The maximum Gasteiger partial charge on any atom is 0.292 e. The molecule has 6 nitrogen and oxygen atoms in total. The Morgan fingerprint density at radius 1 is 1.11 bits per heavy atom. The minimum atomic E-state index is -0.348. The van der Waals surface area contributed by atoms with Gasteiger partial charge in [0.15, 0.2) is 6.04 Å². The van der Waals surface area contributed by atoms with Crippen LogP contribution in [0.4, 0.5) is 5.69 Å². The molecule has 3 aliphatic rings. The third-order valence-corrected chi connectivity index (χ3v) is 6.34. The van der Waals surface area contributed by atoms with E-state index in [1.54, 1.807) is 24.3 Å². The van der Waals surface area contributed by atoms with Crippen molar-refractivity contribution in [3.05, 3.63) is 29.3 Å². The Morgan fingerprint density at radius 2 is 1.81 bits per heavy atom. The van der Waals surface area contributed by atoms with Gasteiger partial charge in [0.1, 0.15) is 0 Å². The molecule has 3 heterocycles. The van der Waals surface area contributed by atoms with Gasteiger partial charge in [-0.05, 0) is 31.0 Å². The van der Waals surface area contributed by atoms with Crippen molar-refractivity contribution in [3.8, 4) is 0 Å². The van der Waals surface area contributed by atoms with Gasteiger partial charge in [-0.15, -0.1) is 0 Å². The Labute approximate surface area is 164 Å². The van der Waals surface area contributed by atoms with E-state index in [0.717, 1.165) is 56.8 Å². The average Bonchev–Trinajstić information content (AvgIpc) is 3.30. The highest BCUT2D eigenvalue weighted by atomic mass is 35.5. The molecule has 0 saturated carbocycles. The van der Waals surface area contributed by atoms with Crippen molar-refractivity contribution in [2.75, 3.05) is 31.1 Å². The van der Waals surface area contributed by atoms with Gasteiger partial charge in [-0.25, -0.2) is 4.90 Å². The van der Waals surface area contributed by atoms with Crippen LogP contribution in [-0.2, 0) is 14.4 Å². The summed E-state index contributed by atoms with van der Waals surface area (Å²) in [5.74, 6) is 0.0284. The van der Waals surface area contributed by atoms with E-state index in [0.29, 0.717) is 10.7 Å². The first-order chi connectivity index (χ1) is 13.0. The molecular weight excluding hydrogens is 366 g/mol. The number of quaternary nitrogens is 1. The fraction of sp³-hybridized carbons (Fsp3) is 0.550. The summed E-state index contributed by atoms with van der Waals surface area (Å²) in [6.07, 6.45) is 4.02. The lowest BCUT2D eigenvalue weighted by atomic mass is 9.94. The van der Waals surface area contributed by atoms with Gasteiger partial charge in [0.2, 0.25) is 11.8 Å². The summed E-state index contributed by atoms with van der Waals surface area (Å²) in [6, 6.07) is 6.50. The van der Waals surface area contributed by atoms with E-state index >= 15 is 0 Å². The van der Waals surface area contributed by atoms with Crippen molar-refractivity contribution in [1.29, 1.82) is 0 Å². The van der Waals surface area contributed by atoms with Gasteiger partial charge in [0.05, 0.1) is 25.2 Å². The molecule has 0 aliphatic carbocycles. The number of benzene rings is 1. The van der Waals surface area contributed by atoms with Crippen LogP contribution in [0.2, 0.25) is 5.02 Å². The third kappa shape index (κ3) is 3.60. The minimum absolute atomic E-state index is 0.0723. The van der Waals surface area contributed by atoms with Crippen molar-refractivity contribution >= 4 is 35.0 Å². The van der Waals surface area contributed by atoms with Crippen LogP contribution in [-0.4, -0.2) is 54.8 Å². The molecule has 1 aromatic carbocycles. The number of hydrogen-bond donors (Lipinski definition) is 1. The van der Waals surface area contributed by atoms with E-state index in [2.05, 4.69) is 0 Å². The molecule has 0 unspecified atom stereocenters. The minimum Gasteiger partial charge on any atom is -0.342 e. The molecule has 4 rings (SSSR count). The topological polar surface area (TPSA) is 62.1 Å². The predicted molar refractivity (Wildman–Crippen MR) is 102 cm³/mol. The quantitative estimate of drug-likeness (QED) is 0.780. The Kier molecular flexibility index (Phi) is 5.19. The number of rotatable bonds is 3. The van der Waals surface area contributed by atoms with Crippen LogP contribution < -0.4 is 9.80 Å². The van der Waals surface area contributed by atoms with Gasteiger partial charge in [-0.2, -0.15) is 0 Å². The number of nitrogens with one attached hydrogen (secondary N) is 1. The highest BCUT2D eigenvalue weighted by Crippen LogP contribution is 2.25. The molecule has 3 amide bonds.